The van der Waals surface area contributed by atoms with Crippen molar-refractivity contribution in [2.24, 2.45) is 0 Å². The summed E-state index contributed by atoms with van der Waals surface area (Å²) in [6, 6.07) is 10.7. The second kappa shape index (κ2) is 6.80. The molecule has 0 bridgehead atoms. The van der Waals surface area contributed by atoms with Crippen LogP contribution in [0.2, 0.25) is 0 Å². The normalized spacial score (nSPS) is 13.5. The first kappa shape index (κ1) is 16.1. The van der Waals surface area contributed by atoms with Gasteiger partial charge in [-0.15, -0.1) is 0 Å². The summed E-state index contributed by atoms with van der Waals surface area (Å²) in [4.78, 5) is 32.2. The van der Waals surface area contributed by atoms with Crippen molar-refractivity contribution < 1.29 is 14.3 Å². The fourth-order valence-corrected chi connectivity index (χ4v) is 2.73. The highest BCUT2D eigenvalue weighted by molar-refractivity contribution is 6.21. The number of nitrogens with zero attached hydrogens (tertiary/aromatic N) is 3. The standard InChI is InChI=1S/C18H19N3O3/c1-20(12-13-7-8-16(24-2)19-11-13)9-10-21-17(22)14-5-3-4-6-15(14)18(21)23/h3-8,11H,9-10,12H2,1-2H3. The molecule has 2 heterocycles. The van der Waals surface area contributed by atoms with Crippen molar-refractivity contribution in [2.75, 3.05) is 27.2 Å². The Hall–Kier alpha value is -2.73. The SMILES string of the molecule is COc1ccc(CN(C)CCN2C(=O)c3ccccc3C2=O)cn1. The van der Waals surface area contributed by atoms with Crippen LogP contribution in [0.1, 0.15) is 26.3 Å². The average Bonchev–Trinajstić information content (AvgIpc) is 2.85. The van der Waals surface area contributed by atoms with Gasteiger partial charge in [0.15, 0.2) is 0 Å². The molecule has 0 unspecified atom stereocenters. The van der Waals surface area contributed by atoms with Gasteiger partial charge in [-0.2, -0.15) is 0 Å². The number of carbonyl (C=O) groups is 2. The lowest BCUT2D eigenvalue weighted by Crippen LogP contribution is -2.36. The fourth-order valence-electron chi connectivity index (χ4n) is 2.73. The number of hydrogen-bond acceptors (Lipinski definition) is 5. The molecule has 0 saturated carbocycles. The van der Waals surface area contributed by atoms with Crippen LogP contribution in [0.3, 0.4) is 0 Å². The van der Waals surface area contributed by atoms with Crippen molar-refractivity contribution in [1.82, 2.24) is 14.8 Å². The molecule has 6 heteroatoms. The summed E-state index contributed by atoms with van der Waals surface area (Å²) < 4.78 is 5.04. The largest absolute Gasteiger partial charge is 0.481 e. The summed E-state index contributed by atoms with van der Waals surface area (Å²) in [6.45, 7) is 1.64. The number of benzene rings is 1. The van der Waals surface area contributed by atoms with Gasteiger partial charge < -0.3 is 9.64 Å². The van der Waals surface area contributed by atoms with Gasteiger partial charge in [0.1, 0.15) is 0 Å². The van der Waals surface area contributed by atoms with Gasteiger partial charge in [-0.25, -0.2) is 4.98 Å². The molecule has 0 aliphatic carbocycles. The lowest BCUT2D eigenvalue weighted by molar-refractivity contribution is 0.0640. The summed E-state index contributed by atoms with van der Waals surface area (Å²) in [5.74, 6) is 0.151. The third-order valence-electron chi connectivity index (χ3n) is 4.04. The van der Waals surface area contributed by atoms with Gasteiger partial charge in [-0.3, -0.25) is 14.5 Å². The van der Waals surface area contributed by atoms with Crippen molar-refractivity contribution in [3.05, 3.63) is 59.3 Å². The van der Waals surface area contributed by atoms with E-state index >= 15 is 0 Å². The molecule has 0 N–H and O–H groups in total. The van der Waals surface area contributed by atoms with E-state index < -0.39 is 0 Å². The molecule has 6 nitrogen and oxygen atoms in total. The quantitative estimate of drug-likeness (QED) is 0.758. The van der Waals surface area contributed by atoms with Crippen LogP contribution >= 0.6 is 0 Å². The maximum Gasteiger partial charge on any atom is 0.261 e. The van der Waals surface area contributed by atoms with E-state index in [4.69, 9.17) is 4.74 Å². The van der Waals surface area contributed by atoms with Gasteiger partial charge >= 0.3 is 0 Å². The minimum atomic E-state index is -0.213. The number of rotatable bonds is 6. The number of pyridine rings is 1. The zero-order chi connectivity index (χ0) is 17.1. The first-order valence-corrected chi connectivity index (χ1v) is 7.73. The van der Waals surface area contributed by atoms with Crippen molar-refractivity contribution in [1.29, 1.82) is 0 Å². The summed E-state index contributed by atoms with van der Waals surface area (Å²) >= 11 is 0. The van der Waals surface area contributed by atoms with Crippen LogP contribution in [0.5, 0.6) is 5.88 Å². The second-order valence-electron chi connectivity index (χ2n) is 5.75. The lowest BCUT2D eigenvalue weighted by atomic mass is 10.1. The van der Waals surface area contributed by atoms with E-state index in [0.29, 0.717) is 36.6 Å². The molecule has 1 aromatic heterocycles. The van der Waals surface area contributed by atoms with Gasteiger partial charge in [-0.1, -0.05) is 18.2 Å². The molecule has 0 fully saturated rings. The number of amides is 2. The number of likely N-dealkylation sites (N-methyl/N-ethyl adjacent to an activating group) is 1. The molecule has 0 atom stereocenters. The van der Waals surface area contributed by atoms with E-state index in [1.165, 1.54) is 4.90 Å². The van der Waals surface area contributed by atoms with Crippen LogP contribution in [0, 0.1) is 0 Å². The van der Waals surface area contributed by atoms with Gasteiger partial charge in [0.05, 0.1) is 18.2 Å². The number of fused-ring (bicyclic) bond motifs is 1. The van der Waals surface area contributed by atoms with E-state index in [-0.39, 0.29) is 11.8 Å². The molecule has 24 heavy (non-hydrogen) atoms. The predicted octanol–water partition coefficient (Wildman–Crippen LogP) is 1.82. The monoisotopic (exact) mass is 325 g/mol. The third-order valence-corrected chi connectivity index (χ3v) is 4.04. The maximum absolute atomic E-state index is 12.3. The summed E-state index contributed by atoms with van der Waals surface area (Å²) in [7, 11) is 3.53. The molecule has 1 aliphatic heterocycles. The topological polar surface area (TPSA) is 62.7 Å². The molecule has 1 aliphatic rings. The van der Waals surface area contributed by atoms with E-state index in [9.17, 15) is 9.59 Å². The van der Waals surface area contributed by atoms with Crippen molar-refractivity contribution in [2.45, 2.75) is 6.54 Å². The Morgan fingerprint density at radius 2 is 1.75 bits per heavy atom. The predicted molar refractivity (Wildman–Crippen MR) is 88.9 cm³/mol. The Labute approximate surface area is 140 Å². The van der Waals surface area contributed by atoms with Crippen LogP contribution in [0.25, 0.3) is 0 Å². The van der Waals surface area contributed by atoms with Crippen molar-refractivity contribution in [3.8, 4) is 5.88 Å². The average molecular weight is 325 g/mol. The lowest BCUT2D eigenvalue weighted by Gasteiger charge is -2.20. The molecular formula is C18H19N3O3. The first-order valence-electron chi connectivity index (χ1n) is 7.73. The van der Waals surface area contributed by atoms with Gasteiger partial charge in [0.25, 0.3) is 11.8 Å². The smallest absolute Gasteiger partial charge is 0.261 e. The van der Waals surface area contributed by atoms with Gasteiger partial charge in [0.2, 0.25) is 5.88 Å². The molecular weight excluding hydrogens is 306 g/mol. The van der Waals surface area contributed by atoms with E-state index in [0.717, 1.165) is 5.56 Å². The Bertz CT molecular complexity index is 723. The van der Waals surface area contributed by atoms with Crippen LogP contribution in [0.15, 0.2) is 42.6 Å². The molecule has 3 rings (SSSR count). The summed E-state index contributed by atoms with van der Waals surface area (Å²) in [5, 5.41) is 0. The van der Waals surface area contributed by atoms with Gasteiger partial charge in [0, 0.05) is 31.9 Å². The Kier molecular flexibility index (Phi) is 4.57. The highest BCUT2D eigenvalue weighted by Crippen LogP contribution is 2.22. The minimum absolute atomic E-state index is 0.213. The van der Waals surface area contributed by atoms with Crippen molar-refractivity contribution >= 4 is 11.8 Å². The highest BCUT2D eigenvalue weighted by Gasteiger charge is 2.34. The summed E-state index contributed by atoms with van der Waals surface area (Å²) in [5.41, 5.74) is 2.02. The van der Waals surface area contributed by atoms with Crippen LogP contribution in [0.4, 0.5) is 0 Å². The van der Waals surface area contributed by atoms with Gasteiger partial charge in [-0.05, 0) is 24.7 Å². The van der Waals surface area contributed by atoms with E-state index in [2.05, 4.69) is 4.98 Å². The number of hydrogen-bond donors (Lipinski definition) is 0. The number of ether oxygens (including phenoxy) is 1. The number of carbonyl (C=O) groups excluding carboxylic acids is 2. The zero-order valence-electron chi connectivity index (χ0n) is 13.7. The number of imide groups is 1. The molecule has 2 aromatic rings. The molecule has 0 spiro atoms. The van der Waals surface area contributed by atoms with E-state index in [1.54, 1.807) is 37.6 Å². The minimum Gasteiger partial charge on any atom is -0.481 e. The summed E-state index contributed by atoms with van der Waals surface area (Å²) in [6.07, 6.45) is 1.76. The highest BCUT2D eigenvalue weighted by atomic mass is 16.5. The number of aromatic nitrogens is 1. The second-order valence-corrected chi connectivity index (χ2v) is 5.75. The Morgan fingerprint density at radius 3 is 2.29 bits per heavy atom. The van der Waals surface area contributed by atoms with Crippen LogP contribution in [-0.2, 0) is 6.54 Å². The Balaban J connectivity index is 1.58. The fraction of sp³-hybridized carbons (Fsp3) is 0.278. The van der Waals surface area contributed by atoms with Crippen LogP contribution < -0.4 is 4.74 Å². The number of methoxy groups -OCH3 is 1. The third kappa shape index (κ3) is 3.14. The van der Waals surface area contributed by atoms with E-state index in [1.807, 2.05) is 24.1 Å². The zero-order valence-corrected chi connectivity index (χ0v) is 13.7. The molecule has 1 aromatic carbocycles. The maximum atomic E-state index is 12.3. The molecule has 124 valence electrons. The van der Waals surface area contributed by atoms with Crippen molar-refractivity contribution in [3.63, 3.8) is 0 Å². The van der Waals surface area contributed by atoms with Crippen LogP contribution in [-0.4, -0.2) is 53.8 Å². The first-order chi connectivity index (χ1) is 11.6. The molecule has 0 saturated heterocycles. The molecule has 2 amide bonds. The molecule has 0 radical (unpaired) electrons. The Morgan fingerprint density at radius 1 is 1.08 bits per heavy atom.